The van der Waals surface area contributed by atoms with E-state index < -0.39 is 0 Å². The van der Waals surface area contributed by atoms with E-state index in [4.69, 9.17) is 9.47 Å². The minimum absolute atomic E-state index is 0.0307. The van der Waals surface area contributed by atoms with Crippen LogP contribution in [-0.4, -0.2) is 57.6 Å². The van der Waals surface area contributed by atoms with E-state index in [1.807, 2.05) is 44.4 Å². The number of H-pyrrole nitrogens is 1. The first kappa shape index (κ1) is 23.3. The zero-order chi connectivity index (χ0) is 24.5. The predicted molar refractivity (Wildman–Crippen MR) is 137 cm³/mol. The molecule has 8 nitrogen and oxygen atoms in total. The maximum atomic E-state index is 13.0. The Bertz CT molecular complexity index is 1370. The van der Waals surface area contributed by atoms with Crippen LogP contribution in [0, 0.1) is 6.92 Å². The molecule has 5 rings (SSSR count). The summed E-state index contributed by atoms with van der Waals surface area (Å²) in [4.78, 5) is 18.1. The highest BCUT2D eigenvalue weighted by atomic mass is 32.2. The van der Waals surface area contributed by atoms with Crippen LogP contribution in [0.2, 0.25) is 0 Å². The molecule has 1 saturated carbocycles. The Balaban J connectivity index is 1.31. The van der Waals surface area contributed by atoms with Gasteiger partial charge in [0.1, 0.15) is 0 Å². The van der Waals surface area contributed by atoms with E-state index in [-0.39, 0.29) is 5.91 Å². The van der Waals surface area contributed by atoms with E-state index in [1.54, 1.807) is 19.1 Å². The molecule has 0 radical (unpaired) electrons. The number of amides is 1. The van der Waals surface area contributed by atoms with Crippen LogP contribution in [0.4, 0.5) is 0 Å². The molecule has 35 heavy (non-hydrogen) atoms. The van der Waals surface area contributed by atoms with Gasteiger partial charge in [0, 0.05) is 42.3 Å². The van der Waals surface area contributed by atoms with Gasteiger partial charge >= 0.3 is 0 Å². The van der Waals surface area contributed by atoms with Crippen molar-refractivity contribution in [2.75, 3.05) is 27.0 Å². The van der Waals surface area contributed by atoms with Gasteiger partial charge in [0.2, 0.25) is 5.91 Å². The van der Waals surface area contributed by atoms with Crippen LogP contribution in [0.15, 0.2) is 47.8 Å². The van der Waals surface area contributed by atoms with Gasteiger partial charge in [-0.1, -0.05) is 30.0 Å². The highest BCUT2D eigenvalue weighted by Gasteiger charge is 2.31. The summed E-state index contributed by atoms with van der Waals surface area (Å²) in [6.07, 6.45) is 4.20. The number of benzene rings is 2. The lowest BCUT2D eigenvalue weighted by atomic mass is 10.1. The average molecular weight is 492 g/mol. The molecule has 1 N–H and O–H groups in total. The second-order valence-electron chi connectivity index (χ2n) is 8.83. The summed E-state index contributed by atoms with van der Waals surface area (Å²) in [5.41, 5.74) is 4.18. The van der Waals surface area contributed by atoms with Crippen molar-refractivity contribution < 1.29 is 14.3 Å². The Morgan fingerprint density at radius 1 is 1.17 bits per heavy atom. The van der Waals surface area contributed by atoms with E-state index in [1.165, 1.54) is 11.8 Å². The molecule has 0 aliphatic heterocycles. The number of nitrogens with zero attached hydrogens (tertiary/aromatic N) is 4. The zero-order valence-corrected chi connectivity index (χ0v) is 21.2. The first-order valence-electron chi connectivity index (χ1n) is 11.6. The molecule has 0 atom stereocenters. The number of carbonyl (C=O) groups is 1. The molecule has 2 aromatic heterocycles. The topological polar surface area (TPSA) is 85.3 Å². The number of hydrogen-bond donors (Lipinski definition) is 1. The summed E-state index contributed by atoms with van der Waals surface area (Å²) in [6, 6.07) is 12.4. The summed E-state index contributed by atoms with van der Waals surface area (Å²) in [5.74, 6) is 2.52. The third kappa shape index (κ3) is 4.60. The van der Waals surface area contributed by atoms with E-state index in [2.05, 4.69) is 31.9 Å². The average Bonchev–Trinajstić information content (AvgIpc) is 3.48. The number of aromatic nitrogens is 4. The number of aromatic amines is 1. The number of hydrogen-bond acceptors (Lipinski definition) is 6. The van der Waals surface area contributed by atoms with Crippen LogP contribution in [0.25, 0.3) is 22.3 Å². The van der Waals surface area contributed by atoms with E-state index in [9.17, 15) is 4.79 Å². The SMILES string of the molecule is COc1cc(C)c(CN(C)C(=O)CSc2nnc(-c3c[nH]c4ccccc34)n2C2CC2)cc1OC. The van der Waals surface area contributed by atoms with Gasteiger partial charge in [-0.25, -0.2) is 0 Å². The summed E-state index contributed by atoms with van der Waals surface area (Å²) < 4.78 is 13.0. The fourth-order valence-corrected chi connectivity index (χ4v) is 5.20. The Labute approximate surface area is 208 Å². The quantitative estimate of drug-likeness (QED) is 0.337. The lowest BCUT2D eigenvalue weighted by molar-refractivity contribution is -0.127. The second-order valence-corrected chi connectivity index (χ2v) is 9.77. The molecule has 0 bridgehead atoms. The van der Waals surface area contributed by atoms with Crippen molar-refractivity contribution in [2.24, 2.45) is 0 Å². The second kappa shape index (κ2) is 9.65. The molecular weight excluding hydrogens is 462 g/mol. The van der Waals surface area contributed by atoms with Crippen molar-refractivity contribution in [3.8, 4) is 22.9 Å². The van der Waals surface area contributed by atoms with Crippen molar-refractivity contribution in [2.45, 2.75) is 37.5 Å². The van der Waals surface area contributed by atoms with Crippen LogP contribution in [0.5, 0.6) is 11.5 Å². The maximum absolute atomic E-state index is 13.0. The van der Waals surface area contributed by atoms with Gasteiger partial charge in [-0.3, -0.25) is 9.36 Å². The molecular formula is C26H29N5O3S. The molecule has 9 heteroatoms. The first-order chi connectivity index (χ1) is 17.0. The fraction of sp³-hybridized carbons (Fsp3) is 0.346. The summed E-state index contributed by atoms with van der Waals surface area (Å²) >= 11 is 1.45. The Morgan fingerprint density at radius 2 is 1.91 bits per heavy atom. The van der Waals surface area contributed by atoms with Gasteiger partial charge in [0.15, 0.2) is 22.5 Å². The molecule has 0 saturated heterocycles. The molecule has 1 amide bonds. The summed E-state index contributed by atoms with van der Waals surface area (Å²) in [6.45, 7) is 2.50. The van der Waals surface area contributed by atoms with Gasteiger partial charge in [-0.05, 0) is 49.1 Å². The fourth-order valence-electron chi connectivity index (χ4n) is 4.25. The Kier molecular flexibility index (Phi) is 6.42. The van der Waals surface area contributed by atoms with Gasteiger partial charge in [0.25, 0.3) is 0 Å². The number of methoxy groups -OCH3 is 2. The highest BCUT2D eigenvalue weighted by molar-refractivity contribution is 7.99. The number of carbonyl (C=O) groups excluding carboxylic acids is 1. The van der Waals surface area contributed by atoms with Crippen molar-refractivity contribution in [3.05, 3.63) is 53.7 Å². The molecule has 2 aromatic carbocycles. The molecule has 182 valence electrons. The van der Waals surface area contributed by atoms with Crippen molar-refractivity contribution in [1.29, 1.82) is 0 Å². The first-order valence-corrected chi connectivity index (χ1v) is 12.6. The normalized spacial score (nSPS) is 13.3. The van der Waals surface area contributed by atoms with Gasteiger partial charge in [0.05, 0.1) is 20.0 Å². The van der Waals surface area contributed by atoms with E-state index >= 15 is 0 Å². The van der Waals surface area contributed by atoms with Crippen LogP contribution >= 0.6 is 11.8 Å². The summed E-state index contributed by atoms with van der Waals surface area (Å²) in [5, 5.41) is 10.9. The van der Waals surface area contributed by atoms with Crippen molar-refractivity contribution >= 4 is 28.6 Å². The largest absolute Gasteiger partial charge is 0.493 e. The minimum Gasteiger partial charge on any atom is -0.493 e. The van der Waals surface area contributed by atoms with E-state index in [0.717, 1.165) is 51.4 Å². The molecule has 0 spiro atoms. The van der Waals surface area contributed by atoms with Gasteiger partial charge in [-0.2, -0.15) is 0 Å². The number of nitrogens with one attached hydrogen (secondary N) is 1. The maximum Gasteiger partial charge on any atom is 0.233 e. The number of ether oxygens (including phenoxy) is 2. The Hall–Kier alpha value is -3.46. The molecule has 1 fully saturated rings. The third-order valence-corrected chi connectivity index (χ3v) is 7.33. The van der Waals surface area contributed by atoms with Gasteiger partial charge < -0.3 is 19.4 Å². The minimum atomic E-state index is 0.0307. The Morgan fingerprint density at radius 3 is 2.66 bits per heavy atom. The van der Waals surface area contributed by atoms with Crippen LogP contribution in [-0.2, 0) is 11.3 Å². The monoisotopic (exact) mass is 491 g/mol. The van der Waals surface area contributed by atoms with Crippen LogP contribution in [0.1, 0.15) is 30.0 Å². The lowest BCUT2D eigenvalue weighted by Gasteiger charge is -2.20. The molecule has 1 aliphatic rings. The van der Waals surface area contributed by atoms with Crippen LogP contribution in [0.3, 0.4) is 0 Å². The molecule has 2 heterocycles. The number of aryl methyl sites for hydroxylation is 1. The molecule has 1 aliphatic carbocycles. The van der Waals surface area contributed by atoms with Crippen molar-refractivity contribution in [3.63, 3.8) is 0 Å². The predicted octanol–water partition coefficient (Wildman–Crippen LogP) is 4.84. The van der Waals surface area contributed by atoms with Crippen LogP contribution < -0.4 is 9.47 Å². The highest BCUT2D eigenvalue weighted by Crippen LogP contribution is 2.42. The third-order valence-electron chi connectivity index (χ3n) is 6.41. The lowest BCUT2D eigenvalue weighted by Crippen LogP contribution is -2.28. The number of para-hydroxylation sites is 1. The molecule has 0 unspecified atom stereocenters. The van der Waals surface area contributed by atoms with Gasteiger partial charge in [-0.15, -0.1) is 10.2 Å². The smallest absolute Gasteiger partial charge is 0.233 e. The van der Waals surface area contributed by atoms with E-state index in [0.29, 0.717) is 29.8 Å². The number of fused-ring (bicyclic) bond motifs is 1. The summed E-state index contributed by atoms with van der Waals surface area (Å²) in [7, 11) is 5.05. The number of thioether (sulfide) groups is 1. The molecule has 4 aromatic rings. The zero-order valence-electron chi connectivity index (χ0n) is 20.4. The standard InChI is InChI=1S/C26H29N5O3S/c1-16-11-22(33-3)23(34-4)12-17(16)14-30(2)24(32)15-35-26-29-28-25(31(26)18-9-10-18)20-13-27-21-8-6-5-7-19(20)21/h5-8,11-13,18,27H,9-10,14-15H2,1-4H3. The van der Waals surface area contributed by atoms with Crippen molar-refractivity contribution in [1.82, 2.24) is 24.6 Å². The number of rotatable bonds is 9.